The van der Waals surface area contributed by atoms with Gasteiger partial charge in [-0.25, -0.2) is 0 Å². The van der Waals surface area contributed by atoms with E-state index in [9.17, 15) is 10.2 Å². The maximum absolute atomic E-state index is 9.61. The van der Waals surface area contributed by atoms with Crippen LogP contribution in [0, 0.1) is 5.41 Å². The number of allylic oxidation sites excluding steroid dienone is 5. The van der Waals surface area contributed by atoms with Gasteiger partial charge in [0.05, 0.1) is 0 Å². The van der Waals surface area contributed by atoms with E-state index in [2.05, 4.69) is 13.8 Å². The molecule has 0 aromatic rings. The van der Waals surface area contributed by atoms with Gasteiger partial charge >= 0.3 is 0 Å². The molecule has 0 saturated heterocycles. The zero-order chi connectivity index (χ0) is 10.9. The van der Waals surface area contributed by atoms with E-state index in [4.69, 9.17) is 0 Å². The summed E-state index contributed by atoms with van der Waals surface area (Å²) >= 11 is 0. The summed E-state index contributed by atoms with van der Waals surface area (Å²) in [6, 6.07) is 0. The van der Waals surface area contributed by atoms with Gasteiger partial charge in [-0.2, -0.15) is 0 Å². The van der Waals surface area contributed by atoms with Gasteiger partial charge in [-0.1, -0.05) is 26.0 Å². The van der Waals surface area contributed by atoms with E-state index < -0.39 is 0 Å². The molecule has 2 nitrogen and oxygen atoms in total. The average Bonchev–Trinajstić information content (AvgIpc) is 2.08. The molecular weight excluding hydrogens is 176 g/mol. The molecule has 0 aromatic heterocycles. The van der Waals surface area contributed by atoms with Crippen LogP contribution in [-0.2, 0) is 0 Å². The first-order valence-electron chi connectivity index (χ1n) is 4.85. The molecule has 2 heteroatoms. The van der Waals surface area contributed by atoms with Crippen molar-refractivity contribution in [3.8, 4) is 0 Å². The van der Waals surface area contributed by atoms with Crippen LogP contribution in [0.5, 0.6) is 0 Å². The molecule has 1 aliphatic rings. The molecule has 0 spiro atoms. The standard InChI is InChI=1S/C12H18O2/c1-5-6-9-8(2)11(14)10(13)7-12(9,3)4/h5-6,13-14H,7H2,1-4H3/b6-5+. The van der Waals surface area contributed by atoms with Crippen molar-refractivity contribution in [2.75, 3.05) is 0 Å². The lowest BCUT2D eigenvalue weighted by Gasteiger charge is -2.32. The average molecular weight is 194 g/mol. The molecule has 1 aliphatic carbocycles. The van der Waals surface area contributed by atoms with Gasteiger partial charge in [-0.05, 0) is 30.4 Å². The van der Waals surface area contributed by atoms with Crippen molar-refractivity contribution in [3.05, 3.63) is 34.8 Å². The van der Waals surface area contributed by atoms with E-state index in [0.29, 0.717) is 6.42 Å². The first-order chi connectivity index (χ1) is 6.40. The van der Waals surface area contributed by atoms with E-state index in [0.717, 1.165) is 11.1 Å². The zero-order valence-electron chi connectivity index (χ0n) is 9.26. The van der Waals surface area contributed by atoms with Crippen LogP contribution in [0.4, 0.5) is 0 Å². The van der Waals surface area contributed by atoms with Crippen LogP contribution in [0.15, 0.2) is 34.8 Å². The molecule has 0 aliphatic heterocycles. The first kappa shape index (κ1) is 10.9. The molecule has 0 fully saturated rings. The maximum Gasteiger partial charge on any atom is 0.156 e. The van der Waals surface area contributed by atoms with Crippen LogP contribution >= 0.6 is 0 Å². The van der Waals surface area contributed by atoms with Crippen LogP contribution in [-0.4, -0.2) is 10.2 Å². The number of aliphatic hydroxyl groups excluding tert-OH is 2. The van der Waals surface area contributed by atoms with Gasteiger partial charge in [0.1, 0.15) is 5.76 Å². The van der Waals surface area contributed by atoms with Crippen molar-refractivity contribution in [2.24, 2.45) is 5.41 Å². The highest BCUT2D eigenvalue weighted by Gasteiger charge is 2.31. The summed E-state index contributed by atoms with van der Waals surface area (Å²) < 4.78 is 0. The Morgan fingerprint density at radius 2 is 1.86 bits per heavy atom. The molecule has 78 valence electrons. The highest BCUT2D eigenvalue weighted by Crippen LogP contribution is 2.41. The van der Waals surface area contributed by atoms with Crippen molar-refractivity contribution < 1.29 is 10.2 Å². The Labute approximate surface area is 85.3 Å². The summed E-state index contributed by atoms with van der Waals surface area (Å²) in [6.45, 7) is 7.91. The number of hydrogen-bond donors (Lipinski definition) is 2. The minimum absolute atomic E-state index is 0.0393. The lowest BCUT2D eigenvalue weighted by Crippen LogP contribution is -2.21. The molecule has 0 saturated carbocycles. The van der Waals surface area contributed by atoms with Crippen LogP contribution in [0.2, 0.25) is 0 Å². The fourth-order valence-electron chi connectivity index (χ4n) is 1.97. The predicted octanol–water partition coefficient (Wildman–Crippen LogP) is 3.64. The Bertz CT molecular complexity index is 330. The van der Waals surface area contributed by atoms with Gasteiger partial charge in [-0.15, -0.1) is 0 Å². The highest BCUT2D eigenvalue weighted by molar-refractivity contribution is 5.43. The second-order valence-electron chi connectivity index (χ2n) is 4.39. The largest absolute Gasteiger partial charge is 0.508 e. The topological polar surface area (TPSA) is 40.5 Å². The van der Waals surface area contributed by atoms with Gasteiger partial charge in [-0.3, -0.25) is 0 Å². The quantitative estimate of drug-likeness (QED) is 0.669. The van der Waals surface area contributed by atoms with Gasteiger partial charge < -0.3 is 10.2 Å². The van der Waals surface area contributed by atoms with Crippen LogP contribution < -0.4 is 0 Å². The molecule has 0 aromatic carbocycles. The number of aliphatic hydroxyl groups is 2. The van der Waals surface area contributed by atoms with E-state index in [-0.39, 0.29) is 16.9 Å². The van der Waals surface area contributed by atoms with Crippen molar-refractivity contribution in [2.45, 2.75) is 34.1 Å². The molecular formula is C12H18O2. The molecule has 0 bridgehead atoms. The number of rotatable bonds is 1. The monoisotopic (exact) mass is 194 g/mol. The fraction of sp³-hybridized carbons (Fsp3) is 0.500. The third-order valence-electron chi connectivity index (χ3n) is 2.70. The lowest BCUT2D eigenvalue weighted by molar-refractivity contribution is 0.264. The van der Waals surface area contributed by atoms with E-state index in [1.165, 1.54) is 0 Å². The molecule has 0 atom stereocenters. The summed E-state index contributed by atoms with van der Waals surface area (Å²) in [5.74, 6) is 0.137. The van der Waals surface area contributed by atoms with Crippen LogP contribution in [0.25, 0.3) is 0 Å². The zero-order valence-corrected chi connectivity index (χ0v) is 9.26. The molecule has 0 heterocycles. The van der Waals surface area contributed by atoms with Crippen molar-refractivity contribution in [3.63, 3.8) is 0 Å². The van der Waals surface area contributed by atoms with E-state index in [1.807, 2.05) is 26.0 Å². The second kappa shape index (κ2) is 3.52. The number of hydrogen-bond acceptors (Lipinski definition) is 2. The molecule has 14 heavy (non-hydrogen) atoms. The first-order valence-corrected chi connectivity index (χ1v) is 4.85. The summed E-state index contributed by atoms with van der Waals surface area (Å²) in [4.78, 5) is 0. The summed E-state index contributed by atoms with van der Waals surface area (Å²) in [5, 5.41) is 19.2. The van der Waals surface area contributed by atoms with Crippen LogP contribution in [0.1, 0.15) is 34.1 Å². The summed E-state index contributed by atoms with van der Waals surface area (Å²) in [6.07, 6.45) is 4.45. The maximum atomic E-state index is 9.61. The van der Waals surface area contributed by atoms with Gasteiger partial charge in [0, 0.05) is 6.42 Å². The Morgan fingerprint density at radius 3 is 2.36 bits per heavy atom. The van der Waals surface area contributed by atoms with E-state index >= 15 is 0 Å². The predicted molar refractivity (Wildman–Crippen MR) is 58.2 cm³/mol. The Balaban J connectivity index is 3.29. The second-order valence-corrected chi connectivity index (χ2v) is 4.39. The Kier molecular flexibility index (Phi) is 2.74. The van der Waals surface area contributed by atoms with Crippen molar-refractivity contribution >= 4 is 0 Å². The molecule has 1 rings (SSSR count). The third kappa shape index (κ3) is 1.69. The van der Waals surface area contributed by atoms with Gasteiger partial charge in [0.15, 0.2) is 5.76 Å². The lowest BCUT2D eigenvalue weighted by atomic mass is 9.74. The summed E-state index contributed by atoms with van der Waals surface area (Å²) in [5.41, 5.74) is 1.76. The van der Waals surface area contributed by atoms with Crippen molar-refractivity contribution in [1.29, 1.82) is 0 Å². The Morgan fingerprint density at radius 1 is 1.29 bits per heavy atom. The Hall–Kier alpha value is -1.18. The fourth-order valence-corrected chi connectivity index (χ4v) is 1.97. The minimum Gasteiger partial charge on any atom is -0.508 e. The van der Waals surface area contributed by atoms with Gasteiger partial charge in [0.25, 0.3) is 0 Å². The molecule has 0 amide bonds. The SMILES string of the molecule is C/C=C/C1=C(C)C(O)=C(O)CC1(C)C. The molecule has 0 unspecified atom stereocenters. The molecule has 2 N–H and O–H groups in total. The molecule has 0 radical (unpaired) electrons. The van der Waals surface area contributed by atoms with Crippen molar-refractivity contribution in [1.82, 2.24) is 0 Å². The van der Waals surface area contributed by atoms with Gasteiger partial charge in [0.2, 0.25) is 0 Å². The minimum atomic E-state index is -0.104. The van der Waals surface area contributed by atoms with E-state index in [1.54, 1.807) is 0 Å². The third-order valence-corrected chi connectivity index (χ3v) is 2.70. The highest BCUT2D eigenvalue weighted by atomic mass is 16.3. The normalized spacial score (nSPS) is 22.3. The van der Waals surface area contributed by atoms with Crippen LogP contribution in [0.3, 0.4) is 0 Å². The smallest absolute Gasteiger partial charge is 0.156 e. The summed E-state index contributed by atoms with van der Waals surface area (Å²) in [7, 11) is 0.